The number of aromatic nitrogens is 2. The van der Waals surface area contributed by atoms with Crippen molar-refractivity contribution in [3.8, 4) is 0 Å². The molecular formula is C10H14ClN3O. The summed E-state index contributed by atoms with van der Waals surface area (Å²) in [6, 6.07) is 1.87. The van der Waals surface area contributed by atoms with E-state index in [0.29, 0.717) is 11.2 Å². The van der Waals surface area contributed by atoms with Gasteiger partial charge in [0.2, 0.25) is 5.28 Å². The molecule has 0 radical (unpaired) electrons. The maximum atomic E-state index is 9.02. The summed E-state index contributed by atoms with van der Waals surface area (Å²) in [4.78, 5) is 10.3. The minimum absolute atomic E-state index is 0.279. The highest BCUT2D eigenvalue weighted by Gasteiger charge is 2.21. The van der Waals surface area contributed by atoms with Crippen molar-refractivity contribution >= 4 is 11.6 Å². The lowest BCUT2D eigenvalue weighted by atomic mass is 10.1. The van der Waals surface area contributed by atoms with Gasteiger partial charge in [-0.05, 0) is 36.6 Å². The zero-order valence-corrected chi connectivity index (χ0v) is 9.19. The summed E-state index contributed by atoms with van der Waals surface area (Å²) in [5.41, 5.74) is 0.939. The molecule has 0 aliphatic carbocycles. The lowest BCUT2D eigenvalue weighted by Crippen LogP contribution is -2.21. The van der Waals surface area contributed by atoms with Crippen LogP contribution < -0.4 is 0 Å². The van der Waals surface area contributed by atoms with Gasteiger partial charge in [-0.25, -0.2) is 9.97 Å². The van der Waals surface area contributed by atoms with Crippen LogP contribution in [0, 0.1) is 5.92 Å². The monoisotopic (exact) mass is 227 g/mol. The van der Waals surface area contributed by atoms with Gasteiger partial charge in [0.05, 0.1) is 5.69 Å². The molecule has 0 spiro atoms. The fraction of sp³-hybridized carbons (Fsp3) is 0.600. The molecule has 4 nitrogen and oxygen atoms in total. The Hall–Kier alpha value is -0.710. The normalized spacial score (nSPS) is 22.1. The highest BCUT2D eigenvalue weighted by molar-refractivity contribution is 6.28. The topological polar surface area (TPSA) is 49.2 Å². The quantitative estimate of drug-likeness (QED) is 0.781. The minimum Gasteiger partial charge on any atom is -0.396 e. The highest BCUT2D eigenvalue weighted by atomic mass is 35.5. The fourth-order valence-electron chi connectivity index (χ4n) is 1.89. The largest absolute Gasteiger partial charge is 0.396 e. The van der Waals surface area contributed by atoms with Crippen LogP contribution in [-0.4, -0.2) is 39.7 Å². The molecule has 5 heteroatoms. The molecule has 2 rings (SSSR count). The van der Waals surface area contributed by atoms with Gasteiger partial charge in [-0.2, -0.15) is 0 Å². The first-order valence-corrected chi connectivity index (χ1v) is 5.46. The number of likely N-dealkylation sites (tertiary alicyclic amines) is 1. The van der Waals surface area contributed by atoms with Crippen molar-refractivity contribution in [3.63, 3.8) is 0 Å². The van der Waals surface area contributed by atoms with E-state index >= 15 is 0 Å². The summed E-state index contributed by atoms with van der Waals surface area (Å²) in [7, 11) is 0. The van der Waals surface area contributed by atoms with Gasteiger partial charge in [0.25, 0.3) is 0 Å². The van der Waals surface area contributed by atoms with Gasteiger partial charge in [-0.3, -0.25) is 4.90 Å². The van der Waals surface area contributed by atoms with E-state index in [2.05, 4.69) is 14.9 Å². The Morgan fingerprint density at radius 2 is 2.47 bits per heavy atom. The van der Waals surface area contributed by atoms with E-state index < -0.39 is 0 Å². The molecule has 1 aliphatic heterocycles. The van der Waals surface area contributed by atoms with Crippen molar-refractivity contribution in [1.82, 2.24) is 14.9 Å². The second-order valence-corrected chi connectivity index (χ2v) is 4.23. The summed E-state index contributed by atoms with van der Waals surface area (Å²) in [6.45, 7) is 3.03. The van der Waals surface area contributed by atoms with Gasteiger partial charge >= 0.3 is 0 Å². The molecule has 0 unspecified atom stereocenters. The average molecular weight is 228 g/mol. The van der Waals surface area contributed by atoms with E-state index in [4.69, 9.17) is 16.7 Å². The van der Waals surface area contributed by atoms with E-state index in [9.17, 15) is 0 Å². The zero-order valence-electron chi connectivity index (χ0n) is 8.43. The van der Waals surface area contributed by atoms with Gasteiger partial charge in [0.15, 0.2) is 0 Å². The summed E-state index contributed by atoms with van der Waals surface area (Å²) in [5, 5.41) is 9.32. The van der Waals surface area contributed by atoms with Crippen LogP contribution in [0.3, 0.4) is 0 Å². The number of aliphatic hydroxyl groups excluding tert-OH is 1. The first-order chi connectivity index (χ1) is 7.28. The third-order valence-corrected chi connectivity index (χ3v) is 2.88. The van der Waals surface area contributed by atoms with Gasteiger partial charge in [0.1, 0.15) is 0 Å². The summed E-state index contributed by atoms with van der Waals surface area (Å²) in [6.07, 6.45) is 2.74. The van der Waals surface area contributed by atoms with E-state index in [1.54, 1.807) is 6.20 Å². The van der Waals surface area contributed by atoms with Crippen LogP contribution in [0.2, 0.25) is 5.28 Å². The number of nitrogens with zero attached hydrogens (tertiary/aromatic N) is 3. The molecule has 1 atom stereocenters. The number of rotatable bonds is 3. The second-order valence-electron chi connectivity index (χ2n) is 3.89. The number of halogens is 1. The second kappa shape index (κ2) is 4.88. The molecule has 1 saturated heterocycles. The number of hydrogen-bond acceptors (Lipinski definition) is 4. The van der Waals surface area contributed by atoms with Crippen molar-refractivity contribution in [3.05, 3.63) is 23.2 Å². The average Bonchev–Trinajstić information content (AvgIpc) is 2.65. The van der Waals surface area contributed by atoms with E-state index in [0.717, 1.165) is 31.7 Å². The number of hydrogen-bond donors (Lipinski definition) is 1. The lowest BCUT2D eigenvalue weighted by molar-refractivity contribution is 0.219. The van der Waals surface area contributed by atoms with E-state index in [1.807, 2.05) is 6.07 Å². The summed E-state index contributed by atoms with van der Waals surface area (Å²) >= 11 is 5.71. The van der Waals surface area contributed by atoms with Crippen molar-refractivity contribution in [1.29, 1.82) is 0 Å². The number of aliphatic hydroxyl groups is 1. The summed E-state index contributed by atoms with van der Waals surface area (Å²) < 4.78 is 0. The smallest absolute Gasteiger partial charge is 0.222 e. The van der Waals surface area contributed by atoms with Gasteiger partial charge in [0, 0.05) is 25.9 Å². The molecule has 82 valence electrons. The molecular weight excluding hydrogens is 214 g/mol. The Bertz CT molecular complexity index is 334. The lowest BCUT2D eigenvalue weighted by Gasteiger charge is -2.14. The Balaban J connectivity index is 1.92. The Labute approximate surface area is 93.9 Å². The molecule has 1 aliphatic rings. The molecule has 0 saturated carbocycles. The third kappa shape index (κ3) is 2.87. The Morgan fingerprint density at radius 1 is 1.60 bits per heavy atom. The van der Waals surface area contributed by atoms with Crippen LogP contribution in [0.25, 0.3) is 0 Å². The van der Waals surface area contributed by atoms with Gasteiger partial charge in [-0.1, -0.05) is 0 Å². The van der Waals surface area contributed by atoms with E-state index in [1.165, 1.54) is 0 Å². The maximum absolute atomic E-state index is 9.02. The van der Waals surface area contributed by atoms with Crippen LogP contribution in [0.5, 0.6) is 0 Å². The van der Waals surface area contributed by atoms with Crippen molar-refractivity contribution in [2.24, 2.45) is 5.92 Å². The molecule has 0 aromatic carbocycles. The molecule has 2 heterocycles. The first kappa shape index (κ1) is 10.8. The minimum atomic E-state index is 0.279. The standard InChI is InChI=1S/C10H14ClN3O/c11-10-12-3-1-9(13-10)6-14-4-2-8(5-14)7-15/h1,3,8,15H,2,4-7H2/t8-/m1/s1. The van der Waals surface area contributed by atoms with Crippen LogP contribution in [0.1, 0.15) is 12.1 Å². The van der Waals surface area contributed by atoms with Crippen LogP contribution in [-0.2, 0) is 6.54 Å². The molecule has 1 N–H and O–H groups in total. The molecule has 0 bridgehead atoms. The van der Waals surface area contributed by atoms with Gasteiger partial charge < -0.3 is 5.11 Å². The SMILES string of the molecule is OC[C@@H]1CCN(Cc2ccnc(Cl)n2)C1. The van der Waals surface area contributed by atoms with Crippen molar-refractivity contribution in [2.75, 3.05) is 19.7 Å². The van der Waals surface area contributed by atoms with Crippen molar-refractivity contribution in [2.45, 2.75) is 13.0 Å². The zero-order chi connectivity index (χ0) is 10.7. The van der Waals surface area contributed by atoms with Crippen LogP contribution in [0.4, 0.5) is 0 Å². The first-order valence-electron chi connectivity index (χ1n) is 5.08. The molecule has 1 aromatic rings. The highest BCUT2D eigenvalue weighted by Crippen LogP contribution is 2.17. The third-order valence-electron chi connectivity index (χ3n) is 2.70. The summed E-state index contributed by atoms with van der Waals surface area (Å²) in [5.74, 6) is 0.419. The Kier molecular flexibility index (Phi) is 3.51. The van der Waals surface area contributed by atoms with Crippen LogP contribution >= 0.6 is 11.6 Å². The van der Waals surface area contributed by atoms with Crippen LogP contribution in [0.15, 0.2) is 12.3 Å². The Morgan fingerprint density at radius 3 is 3.13 bits per heavy atom. The molecule has 15 heavy (non-hydrogen) atoms. The van der Waals surface area contributed by atoms with Gasteiger partial charge in [-0.15, -0.1) is 0 Å². The van der Waals surface area contributed by atoms with E-state index in [-0.39, 0.29) is 6.61 Å². The maximum Gasteiger partial charge on any atom is 0.222 e. The predicted molar refractivity (Wildman–Crippen MR) is 57.5 cm³/mol. The predicted octanol–water partition coefficient (Wildman–Crippen LogP) is 0.944. The molecule has 0 amide bonds. The van der Waals surface area contributed by atoms with Crippen molar-refractivity contribution < 1.29 is 5.11 Å². The molecule has 1 fully saturated rings. The molecule has 1 aromatic heterocycles. The fourth-order valence-corrected chi connectivity index (χ4v) is 2.06.